The third kappa shape index (κ3) is 3.97. The Morgan fingerprint density at radius 2 is 2.21 bits per heavy atom. The predicted octanol–water partition coefficient (Wildman–Crippen LogP) is 2.58. The Hall–Kier alpha value is -0.0800. The van der Waals surface area contributed by atoms with E-state index < -0.39 is 0 Å². The highest BCUT2D eigenvalue weighted by molar-refractivity contribution is 4.81. The van der Waals surface area contributed by atoms with Gasteiger partial charge in [0.15, 0.2) is 0 Å². The molecule has 0 saturated carbocycles. The van der Waals surface area contributed by atoms with Gasteiger partial charge in [-0.1, -0.05) is 6.92 Å². The van der Waals surface area contributed by atoms with E-state index in [1.165, 1.54) is 25.7 Å². The van der Waals surface area contributed by atoms with Crippen LogP contribution in [0.2, 0.25) is 0 Å². The van der Waals surface area contributed by atoms with E-state index >= 15 is 0 Å². The van der Waals surface area contributed by atoms with Crippen LogP contribution in [0.25, 0.3) is 0 Å². The Morgan fingerprint density at radius 3 is 2.71 bits per heavy atom. The van der Waals surface area contributed by atoms with Gasteiger partial charge in [-0.3, -0.25) is 0 Å². The van der Waals surface area contributed by atoms with E-state index in [1.807, 2.05) is 7.05 Å². The van der Waals surface area contributed by atoms with Crippen LogP contribution in [0.3, 0.4) is 0 Å². The van der Waals surface area contributed by atoms with Crippen molar-refractivity contribution in [3.63, 3.8) is 0 Å². The fourth-order valence-corrected chi connectivity index (χ4v) is 2.20. The van der Waals surface area contributed by atoms with Crippen LogP contribution in [0.15, 0.2) is 0 Å². The monoisotopic (exact) mass is 199 g/mol. The third-order valence-corrected chi connectivity index (χ3v) is 3.09. The van der Waals surface area contributed by atoms with E-state index in [-0.39, 0.29) is 5.60 Å². The maximum absolute atomic E-state index is 5.96. The first-order valence-electron chi connectivity index (χ1n) is 5.86. The lowest BCUT2D eigenvalue weighted by Gasteiger charge is -2.20. The van der Waals surface area contributed by atoms with Crippen molar-refractivity contribution >= 4 is 0 Å². The fourth-order valence-electron chi connectivity index (χ4n) is 2.20. The van der Waals surface area contributed by atoms with Crippen molar-refractivity contribution in [2.45, 2.75) is 58.2 Å². The topological polar surface area (TPSA) is 21.3 Å². The van der Waals surface area contributed by atoms with Crippen molar-refractivity contribution in [2.75, 3.05) is 13.6 Å². The molecule has 1 rings (SSSR count). The van der Waals surface area contributed by atoms with Crippen LogP contribution in [-0.4, -0.2) is 25.3 Å². The van der Waals surface area contributed by atoms with E-state index in [0.29, 0.717) is 6.10 Å². The van der Waals surface area contributed by atoms with Gasteiger partial charge >= 0.3 is 0 Å². The maximum Gasteiger partial charge on any atom is 0.0631 e. The number of hydrogen-bond donors (Lipinski definition) is 1. The predicted molar refractivity (Wildman–Crippen MR) is 60.5 cm³/mol. The zero-order valence-electron chi connectivity index (χ0n) is 10.1. The Kier molecular flexibility index (Phi) is 4.39. The third-order valence-electron chi connectivity index (χ3n) is 3.09. The zero-order chi connectivity index (χ0) is 10.6. The first kappa shape index (κ1) is 12.0. The average molecular weight is 199 g/mol. The molecule has 1 N–H and O–H groups in total. The van der Waals surface area contributed by atoms with Crippen molar-refractivity contribution in [1.29, 1.82) is 0 Å². The smallest absolute Gasteiger partial charge is 0.0631 e. The highest BCUT2D eigenvalue weighted by Gasteiger charge is 2.31. The summed E-state index contributed by atoms with van der Waals surface area (Å²) in [7, 11) is 2.02. The van der Waals surface area contributed by atoms with E-state index in [2.05, 4.69) is 26.1 Å². The molecule has 14 heavy (non-hydrogen) atoms. The molecule has 0 aromatic rings. The molecule has 2 atom stereocenters. The lowest BCUT2D eigenvalue weighted by Crippen LogP contribution is -2.21. The van der Waals surface area contributed by atoms with Gasteiger partial charge in [0, 0.05) is 0 Å². The zero-order valence-corrected chi connectivity index (χ0v) is 10.1. The van der Waals surface area contributed by atoms with Crippen molar-refractivity contribution in [3.05, 3.63) is 0 Å². The number of hydrogen-bond acceptors (Lipinski definition) is 2. The molecule has 0 aliphatic carbocycles. The molecule has 0 aromatic heterocycles. The van der Waals surface area contributed by atoms with Crippen LogP contribution in [0.4, 0.5) is 0 Å². The lowest BCUT2D eigenvalue weighted by molar-refractivity contribution is -0.0202. The Morgan fingerprint density at radius 1 is 1.50 bits per heavy atom. The highest BCUT2D eigenvalue weighted by Crippen LogP contribution is 2.31. The van der Waals surface area contributed by atoms with Gasteiger partial charge in [0.25, 0.3) is 0 Å². The fraction of sp³-hybridized carbons (Fsp3) is 1.00. The van der Waals surface area contributed by atoms with Gasteiger partial charge in [-0.2, -0.15) is 0 Å². The number of rotatable bonds is 5. The van der Waals surface area contributed by atoms with Gasteiger partial charge in [0.2, 0.25) is 0 Å². The molecule has 0 spiro atoms. The second kappa shape index (κ2) is 5.13. The van der Waals surface area contributed by atoms with Crippen molar-refractivity contribution in [2.24, 2.45) is 5.92 Å². The van der Waals surface area contributed by atoms with Crippen LogP contribution < -0.4 is 5.32 Å². The summed E-state index contributed by atoms with van der Waals surface area (Å²) in [4.78, 5) is 0. The Bertz CT molecular complexity index is 168. The van der Waals surface area contributed by atoms with Crippen molar-refractivity contribution in [1.82, 2.24) is 5.32 Å². The SMILES string of the molecule is CNCC(C)CCC1CCC(C)(C)O1. The summed E-state index contributed by atoms with van der Waals surface area (Å²) in [5.74, 6) is 0.771. The summed E-state index contributed by atoms with van der Waals surface area (Å²) in [5.41, 5.74) is 0.136. The molecule has 2 nitrogen and oxygen atoms in total. The molecule has 1 fully saturated rings. The van der Waals surface area contributed by atoms with E-state index in [9.17, 15) is 0 Å². The van der Waals surface area contributed by atoms with Crippen molar-refractivity contribution in [3.8, 4) is 0 Å². The molecule has 0 aromatic carbocycles. The largest absolute Gasteiger partial charge is 0.372 e. The molecule has 2 heteroatoms. The average Bonchev–Trinajstić information content (AvgIpc) is 2.43. The second-order valence-electron chi connectivity index (χ2n) is 5.28. The minimum absolute atomic E-state index is 0.136. The minimum atomic E-state index is 0.136. The summed E-state index contributed by atoms with van der Waals surface area (Å²) in [6.45, 7) is 7.82. The standard InChI is InChI=1S/C12H25NO/c1-10(9-13-4)5-6-11-7-8-12(2,3)14-11/h10-11,13H,5-9H2,1-4H3. The summed E-state index contributed by atoms with van der Waals surface area (Å²) in [5, 5.41) is 3.22. The van der Waals surface area contributed by atoms with Gasteiger partial charge in [-0.05, 0) is 59.0 Å². The van der Waals surface area contributed by atoms with E-state index in [4.69, 9.17) is 4.74 Å². The summed E-state index contributed by atoms with van der Waals surface area (Å²) < 4.78 is 5.96. The normalized spacial score (nSPS) is 27.9. The van der Waals surface area contributed by atoms with Gasteiger partial charge < -0.3 is 10.1 Å². The molecule has 0 amide bonds. The summed E-state index contributed by atoms with van der Waals surface area (Å²) in [6.07, 6.45) is 5.50. The molecule has 84 valence electrons. The molecule has 0 bridgehead atoms. The lowest BCUT2D eigenvalue weighted by atomic mass is 10.0. The van der Waals surface area contributed by atoms with Gasteiger partial charge in [-0.25, -0.2) is 0 Å². The summed E-state index contributed by atoms with van der Waals surface area (Å²) >= 11 is 0. The number of ether oxygens (including phenoxy) is 1. The quantitative estimate of drug-likeness (QED) is 0.735. The van der Waals surface area contributed by atoms with Crippen LogP contribution in [-0.2, 0) is 4.74 Å². The number of nitrogens with one attached hydrogen (secondary N) is 1. The second-order valence-corrected chi connectivity index (χ2v) is 5.28. The van der Waals surface area contributed by atoms with Crippen molar-refractivity contribution < 1.29 is 4.74 Å². The maximum atomic E-state index is 5.96. The van der Waals surface area contributed by atoms with Gasteiger partial charge in [-0.15, -0.1) is 0 Å². The van der Waals surface area contributed by atoms with E-state index in [0.717, 1.165) is 12.5 Å². The molecule has 1 aliphatic rings. The van der Waals surface area contributed by atoms with Crippen LogP contribution in [0, 0.1) is 5.92 Å². The molecule has 2 unspecified atom stereocenters. The molecule has 0 radical (unpaired) electrons. The van der Waals surface area contributed by atoms with E-state index in [1.54, 1.807) is 0 Å². The first-order chi connectivity index (χ1) is 6.53. The Balaban J connectivity index is 2.14. The molecule has 1 heterocycles. The van der Waals surface area contributed by atoms with Crippen LogP contribution >= 0.6 is 0 Å². The van der Waals surface area contributed by atoms with Crippen LogP contribution in [0.5, 0.6) is 0 Å². The summed E-state index contributed by atoms with van der Waals surface area (Å²) in [6, 6.07) is 0. The Labute approximate surface area is 88.4 Å². The molecule has 1 saturated heterocycles. The molecular formula is C12H25NO. The first-order valence-corrected chi connectivity index (χ1v) is 5.86. The van der Waals surface area contributed by atoms with Gasteiger partial charge in [0.05, 0.1) is 11.7 Å². The highest BCUT2D eigenvalue weighted by atomic mass is 16.5. The van der Waals surface area contributed by atoms with Gasteiger partial charge in [0.1, 0.15) is 0 Å². The molecular weight excluding hydrogens is 174 g/mol. The minimum Gasteiger partial charge on any atom is -0.372 e. The molecule has 1 aliphatic heterocycles. The van der Waals surface area contributed by atoms with Crippen LogP contribution in [0.1, 0.15) is 46.5 Å².